The lowest BCUT2D eigenvalue weighted by Gasteiger charge is -2.00. The van der Waals surface area contributed by atoms with Gasteiger partial charge in [0.1, 0.15) is 11.7 Å². The largest absolute Gasteiger partial charge is 0.384 e. The second-order valence-corrected chi connectivity index (χ2v) is 2.41. The van der Waals surface area contributed by atoms with Gasteiger partial charge in [-0.3, -0.25) is 10.8 Å². The van der Waals surface area contributed by atoms with Crippen LogP contribution in [0.2, 0.25) is 0 Å². The summed E-state index contributed by atoms with van der Waals surface area (Å²) in [5.74, 6) is -0.0313. The molecular formula is C8H10N4. The van der Waals surface area contributed by atoms with Gasteiger partial charge in [0.15, 0.2) is 0 Å². The van der Waals surface area contributed by atoms with Crippen LogP contribution in [0.15, 0.2) is 24.3 Å². The van der Waals surface area contributed by atoms with Crippen molar-refractivity contribution in [2.75, 3.05) is 0 Å². The lowest BCUT2D eigenvalue weighted by molar-refractivity contribution is 1.39. The minimum Gasteiger partial charge on any atom is -0.384 e. The van der Waals surface area contributed by atoms with E-state index in [1.54, 1.807) is 24.3 Å². The van der Waals surface area contributed by atoms with Crippen molar-refractivity contribution in [1.29, 1.82) is 10.8 Å². The highest BCUT2D eigenvalue weighted by atomic mass is 14.7. The fourth-order valence-corrected chi connectivity index (χ4v) is 0.854. The van der Waals surface area contributed by atoms with Crippen molar-refractivity contribution in [2.45, 2.75) is 0 Å². The molecule has 0 saturated heterocycles. The van der Waals surface area contributed by atoms with Crippen molar-refractivity contribution in [3.8, 4) is 0 Å². The van der Waals surface area contributed by atoms with Crippen LogP contribution in [-0.2, 0) is 0 Å². The van der Waals surface area contributed by atoms with Gasteiger partial charge < -0.3 is 11.5 Å². The first-order valence-corrected chi connectivity index (χ1v) is 3.40. The third kappa shape index (κ3) is 1.60. The quantitative estimate of drug-likeness (QED) is 0.370. The lowest BCUT2D eigenvalue weighted by Crippen LogP contribution is -2.15. The zero-order valence-corrected chi connectivity index (χ0v) is 6.46. The Hall–Kier alpha value is -1.84. The minimum absolute atomic E-state index is 0.0156. The Morgan fingerprint density at radius 2 is 1.42 bits per heavy atom. The summed E-state index contributed by atoms with van der Waals surface area (Å²) in [5.41, 5.74) is 11.7. The van der Waals surface area contributed by atoms with Crippen molar-refractivity contribution < 1.29 is 0 Å². The van der Waals surface area contributed by atoms with Crippen LogP contribution in [-0.4, -0.2) is 11.7 Å². The summed E-state index contributed by atoms with van der Waals surface area (Å²) in [6.07, 6.45) is 0. The van der Waals surface area contributed by atoms with Crippen LogP contribution < -0.4 is 11.5 Å². The van der Waals surface area contributed by atoms with E-state index in [0.717, 1.165) is 0 Å². The number of nitrogens with one attached hydrogen (secondary N) is 2. The summed E-state index contributed by atoms with van der Waals surface area (Å²) in [4.78, 5) is 0. The van der Waals surface area contributed by atoms with Crippen LogP contribution in [0.3, 0.4) is 0 Å². The number of nitrogens with two attached hydrogens (primary N) is 2. The molecule has 0 atom stereocenters. The molecule has 0 heterocycles. The number of amidine groups is 2. The topological polar surface area (TPSA) is 99.7 Å². The Labute approximate surface area is 70.2 Å². The Kier molecular flexibility index (Phi) is 2.09. The molecule has 0 unspecified atom stereocenters. The molecule has 0 saturated carbocycles. The van der Waals surface area contributed by atoms with Crippen molar-refractivity contribution in [3.05, 3.63) is 35.4 Å². The van der Waals surface area contributed by atoms with Crippen LogP contribution in [0.25, 0.3) is 0 Å². The zero-order chi connectivity index (χ0) is 9.14. The van der Waals surface area contributed by atoms with E-state index < -0.39 is 0 Å². The Morgan fingerprint density at radius 3 is 1.75 bits per heavy atom. The molecule has 0 spiro atoms. The number of nitrogen functional groups attached to an aromatic ring is 2. The van der Waals surface area contributed by atoms with E-state index in [0.29, 0.717) is 11.1 Å². The zero-order valence-electron chi connectivity index (χ0n) is 6.46. The third-order valence-electron chi connectivity index (χ3n) is 1.48. The summed E-state index contributed by atoms with van der Waals surface area (Å²) in [5, 5.41) is 14.3. The SMILES string of the molecule is N=C(N)c1cccc(C(=N)N)c1. The standard InChI is InChI=1S/C8H10N4/c9-7(10)5-2-1-3-6(4-5)8(11)12/h1-4H,(H3,9,10)(H3,11,12). The number of rotatable bonds is 2. The maximum Gasteiger partial charge on any atom is 0.122 e. The van der Waals surface area contributed by atoms with E-state index in [1.807, 2.05) is 0 Å². The predicted molar refractivity (Wildman–Crippen MR) is 48.5 cm³/mol. The first kappa shape index (κ1) is 8.26. The molecule has 1 aromatic rings. The Balaban J connectivity index is 3.12. The van der Waals surface area contributed by atoms with Crippen LogP contribution in [0.1, 0.15) is 11.1 Å². The van der Waals surface area contributed by atoms with Gasteiger partial charge in [0.05, 0.1) is 0 Å². The van der Waals surface area contributed by atoms with Crippen molar-refractivity contribution in [1.82, 2.24) is 0 Å². The molecule has 0 aromatic heterocycles. The van der Waals surface area contributed by atoms with E-state index in [9.17, 15) is 0 Å². The average Bonchev–Trinajstić information content (AvgIpc) is 2.04. The molecule has 4 nitrogen and oxygen atoms in total. The molecule has 0 aliphatic carbocycles. The summed E-state index contributed by atoms with van der Waals surface area (Å²) >= 11 is 0. The summed E-state index contributed by atoms with van der Waals surface area (Å²) in [6, 6.07) is 6.74. The van der Waals surface area contributed by atoms with E-state index in [2.05, 4.69) is 0 Å². The lowest BCUT2D eigenvalue weighted by atomic mass is 10.1. The first-order valence-electron chi connectivity index (χ1n) is 3.40. The second-order valence-electron chi connectivity index (χ2n) is 2.41. The molecule has 1 rings (SSSR count). The maximum absolute atomic E-state index is 7.14. The van der Waals surface area contributed by atoms with Crippen LogP contribution in [0.4, 0.5) is 0 Å². The number of benzene rings is 1. The molecule has 0 amide bonds. The Bertz CT molecular complexity index is 300. The van der Waals surface area contributed by atoms with E-state index >= 15 is 0 Å². The Morgan fingerprint density at radius 1 is 1.00 bits per heavy atom. The summed E-state index contributed by atoms with van der Waals surface area (Å²) in [6.45, 7) is 0. The van der Waals surface area contributed by atoms with E-state index in [1.165, 1.54) is 0 Å². The van der Waals surface area contributed by atoms with Gasteiger partial charge in [-0.1, -0.05) is 18.2 Å². The average molecular weight is 162 g/mol. The van der Waals surface area contributed by atoms with Crippen LogP contribution >= 0.6 is 0 Å². The number of hydrogen-bond acceptors (Lipinski definition) is 2. The predicted octanol–water partition coefficient (Wildman–Crippen LogP) is 0.255. The van der Waals surface area contributed by atoms with Crippen LogP contribution in [0.5, 0.6) is 0 Å². The molecule has 0 aliphatic heterocycles. The molecule has 4 heteroatoms. The van der Waals surface area contributed by atoms with Gasteiger partial charge in [0, 0.05) is 11.1 Å². The summed E-state index contributed by atoms with van der Waals surface area (Å²) in [7, 11) is 0. The molecule has 0 aliphatic rings. The molecule has 62 valence electrons. The van der Waals surface area contributed by atoms with E-state index in [4.69, 9.17) is 22.3 Å². The molecule has 6 N–H and O–H groups in total. The normalized spacial score (nSPS) is 9.33. The fraction of sp³-hybridized carbons (Fsp3) is 0. The molecule has 0 bridgehead atoms. The second kappa shape index (κ2) is 3.04. The van der Waals surface area contributed by atoms with Gasteiger partial charge in [-0.2, -0.15) is 0 Å². The van der Waals surface area contributed by atoms with Gasteiger partial charge in [0.25, 0.3) is 0 Å². The van der Waals surface area contributed by atoms with Gasteiger partial charge in [-0.15, -0.1) is 0 Å². The van der Waals surface area contributed by atoms with Crippen molar-refractivity contribution >= 4 is 11.7 Å². The first-order chi connectivity index (χ1) is 5.61. The molecule has 1 aromatic carbocycles. The summed E-state index contributed by atoms with van der Waals surface area (Å²) < 4.78 is 0. The third-order valence-corrected chi connectivity index (χ3v) is 1.48. The van der Waals surface area contributed by atoms with Gasteiger partial charge in [0.2, 0.25) is 0 Å². The molecule has 12 heavy (non-hydrogen) atoms. The van der Waals surface area contributed by atoms with Crippen molar-refractivity contribution in [2.24, 2.45) is 11.5 Å². The van der Waals surface area contributed by atoms with Gasteiger partial charge in [-0.05, 0) is 6.07 Å². The monoisotopic (exact) mass is 162 g/mol. The molecule has 0 fully saturated rings. The highest BCUT2D eigenvalue weighted by Crippen LogP contribution is 2.03. The smallest absolute Gasteiger partial charge is 0.122 e. The van der Waals surface area contributed by atoms with Gasteiger partial charge >= 0.3 is 0 Å². The minimum atomic E-state index is -0.0156. The highest BCUT2D eigenvalue weighted by Gasteiger charge is 1.99. The molecular weight excluding hydrogens is 152 g/mol. The fourth-order valence-electron chi connectivity index (χ4n) is 0.854. The number of hydrogen-bond donors (Lipinski definition) is 4. The van der Waals surface area contributed by atoms with E-state index in [-0.39, 0.29) is 11.7 Å². The van der Waals surface area contributed by atoms with Crippen LogP contribution in [0, 0.1) is 10.8 Å². The van der Waals surface area contributed by atoms with Gasteiger partial charge in [-0.25, -0.2) is 0 Å². The molecule has 0 radical (unpaired) electrons. The maximum atomic E-state index is 7.14. The highest BCUT2D eigenvalue weighted by molar-refractivity contribution is 6.00. The van der Waals surface area contributed by atoms with Crippen molar-refractivity contribution in [3.63, 3.8) is 0 Å².